The van der Waals surface area contributed by atoms with E-state index in [9.17, 15) is 18.7 Å². The number of nitrogens with zero attached hydrogens (tertiary/aromatic N) is 2. The van der Waals surface area contributed by atoms with Gasteiger partial charge in [0, 0.05) is 32.8 Å². The highest BCUT2D eigenvalue weighted by atomic mass is 19.1. The molecule has 5 nitrogen and oxygen atoms in total. The van der Waals surface area contributed by atoms with Gasteiger partial charge in [0.1, 0.15) is 11.6 Å². The maximum atomic E-state index is 13.4. The van der Waals surface area contributed by atoms with Gasteiger partial charge in [-0.05, 0) is 42.3 Å². The molecule has 1 fully saturated rings. The van der Waals surface area contributed by atoms with E-state index >= 15 is 0 Å². The topological polar surface area (TPSA) is 53.0 Å². The summed E-state index contributed by atoms with van der Waals surface area (Å²) in [5, 5.41) is 9.39. The van der Waals surface area contributed by atoms with Gasteiger partial charge in [-0.3, -0.25) is 9.80 Å². The van der Waals surface area contributed by atoms with E-state index in [1.54, 1.807) is 36.1 Å². The zero-order valence-corrected chi connectivity index (χ0v) is 15.7. The van der Waals surface area contributed by atoms with E-state index in [1.807, 2.05) is 0 Å². The smallest absolute Gasteiger partial charge is 0.348 e. The van der Waals surface area contributed by atoms with Crippen LogP contribution in [0.5, 0.6) is 0 Å². The predicted molar refractivity (Wildman–Crippen MR) is 101 cm³/mol. The molecule has 150 valence electrons. The van der Waals surface area contributed by atoms with Crippen molar-refractivity contribution >= 4 is 5.97 Å². The highest BCUT2D eigenvalue weighted by Gasteiger charge is 2.32. The fourth-order valence-electron chi connectivity index (χ4n) is 3.63. The molecule has 0 aliphatic carbocycles. The summed E-state index contributed by atoms with van der Waals surface area (Å²) in [6, 6.07) is 12.4. The SMILES string of the molecule is CCOC(C(=O)O)N1CCN(C(c2ccc(F)cc2)c2ccc(F)cc2)CC1. The van der Waals surface area contributed by atoms with Crippen molar-refractivity contribution in [3.05, 3.63) is 71.3 Å². The summed E-state index contributed by atoms with van der Waals surface area (Å²) in [4.78, 5) is 15.5. The Morgan fingerprint density at radius 2 is 1.36 bits per heavy atom. The molecule has 0 amide bonds. The second kappa shape index (κ2) is 9.23. The van der Waals surface area contributed by atoms with Crippen molar-refractivity contribution in [3.63, 3.8) is 0 Å². The van der Waals surface area contributed by atoms with E-state index in [-0.39, 0.29) is 17.7 Å². The number of piperazine rings is 1. The van der Waals surface area contributed by atoms with Crippen LogP contribution >= 0.6 is 0 Å². The average molecular weight is 390 g/mol. The van der Waals surface area contributed by atoms with Crippen LogP contribution in [0.1, 0.15) is 24.1 Å². The van der Waals surface area contributed by atoms with Crippen LogP contribution in [0, 0.1) is 11.6 Å². The Labute approximate surface area is 163 Å². The van der Waals surface area contributed by atoms with Gasteiger partial charge in [0.2, 0.25) is 6.23 Å². The molecule has 1 unspecified atom stereocenters. The Bertz CT molecular complexity index is 730. The third kappa shape index (κ3) is 4.73. The number of hydrogen-bond donors (Lipinski definition) is 1. The third-order valence-corrected chi connectivity index (χ3v) is 4.95. The fraction of sp³-hybridized carbons (Fsp3) is 0.381. The van der Waals surface area contributed by atoms with Gasteiger partial charge in [0.05, 0.1) is 6.04 Å². The third-order valence-electron chi connectivity index (χ3n) is 4.95. The lowest BCUT2D eigenvalue weighted by Gasteiger charge is -2.41. The van der Waals surface area contributed by atoms with Crippen LogP contribution in [0.25, 0.3) is 0 Å². The molecule has 0 bridgehead atoms. The lowest BCUT2D eigenvalue weighted by molar-refractivity contribution is -0.166. The molecule has 7 heteroatoms. The Morgan fingerprint density at radius 3 is 1.75 bits per heavy atom. The summed E-state index contributed by atoms with van der Waals surface area (Å²) in [6.45, 7) is 4.36. The molecule has 0 saturated carbocycles. The molecule has 1 saturated heterocycles. The molecule has 2 aromatic carbocycles. The average Bonchev–Trinajstić information content (AvgIpc) is 2.70. The van der Waals surface area contributed by atoms with Crippen LogP contribution in [0.2, 0.25) is 0 Å². The van der Waals surface area contributed by atoms with Crippen molar-refractivity contribution in [1.82, 2.24) is 9.80 Å². The first-order chi connectivity index (χ1) is 13.5. The van der Waals surface area contributed by atoms with Crippen molar-refractivity contribution in [2.45, 2.75) is 19.2 Å². The molecule has 1 atom stereocenters. The van der Waals surface area contributed by atoms with Crippen molar-refractivity contribution < 1.29 is 23.4 Å². The molecular formula is C21H24F2N2O3. The number of halogens is 2. The molecule has 2 aromatic rings. The molecule has 1 aliphatic heterocycles. The lowest BCUT2D eigenvalue weighted by atomic mass is 9.96. The fourth-order valence-corrected chi connectivity index (χ4v) is 3.63. The Balaban J connectivity index is 1.81. The van der Waals surface area contributed by atoms with Gasteiger partial charge in [-0.15, -0.1) is 0 Å². The number of benzene rings is 2. The van der Waals surface area contributed by atoms with Gasteiger partial charge in [0.25, 0.3) is 0 Å². The minimum atomic E-state index is -0.996. The number of rotatable bonds is 7. The van der Waals surface area contributed by atoms with Gasteiger partial charge in [-0.2, -0.15) is 0 Å². The monoisotopic (exact) mass is 390 g/mol. The van der Waals surface area contributed by atoms with Crippen molar-refractivity contribution in [1.29, 1.82) is 0 Å². The Morgan fingerprint density at radius 1 is 0.929 bits per heavy atom. The second-order valence-corrected chi connectivity index (χ2v) is 6.72. The van der Waals surface area contributed by atoms with Crippen LogP contribution < -0.4 is 0 Å². The van der Waals surface area contributed by atoms with E-state index in [0.29, 0.717) is 32.8 Å². The highest BCUT2D eigenvalue weighted by Crippen LogP contribution is 2.30. The number of ether oxygens (including phenoxy) is 1. The predicted octanol–water partition coefficient (Wildman–Crippen LogP) is 3.12. The maximum absolute atomic E-state index is 13.4. The molecular weight excluding hydrogens is 366 g/mol. The molecule has 1 heterocycles. The van der Waals surface area contributed by atoms with Gasteiger partial charge < -0.3 is 9.84 Å². The first-order valence-electron chi connectivity index (χ1n) is 9.33. The zero-order valence-electron chi connectivity index (χ0n) is 15.7. The minimum absolute atomic E-state index is 0.168. The van der Waals surface area contributed by atoms with Crippen LogP contribution in [0.3, 0.4) is 0 Å². The molecule has 3 rings (SSSR count). The summed E-state index contributed by atoms with van der Waals surface area (Å²) < 4.78 is 32.2. The van der Waals surface area contributed by atoms with Gasteiger partial charge in [-0.25, -0.2) is 13.6 Å². The number of carboxylic acid groups (broad SMARTS) is 1. The summed E-state index contributed by atoms with van der Waals surface area (Å²) in [6.07, 6.45) is -0.956. The molecule has 1 aliphatic rings. The van der Waals surface area contributed by atoms with Crippen molar-refractivity contribution in [3.8, 4) is 0 Å². The summed E-state index contributed by atoms with van der Waals surface area (Å²) in [7, 11) is 0. The molecule has 0 aromatic heterocycles. The Kier molecular flexibility index (Phi) is 6.72. The maximum Gasteiger partial charge on any atom is 0.348 e. The van der Waals surface area contributed by atoms with Crippen molar-refractivity contribution in [2.24, 2.45) is 0 Å². The lowest BCUT2D eigenvalue weighted by Crippen LogP contribution is -2.54. The number of hydrogen-bond acceptors (Lipinski definition) is 4. The van der Waals surface area contributed by atoms with Crippen LogP contribution in [0.15, 0.2) is 48.5 Å². The second-order valence-electron chi connectivity index (χ2n) is 6.72. The van der Waals surface area contributed by atoms with E-state index in [4.69, 9.17) is 4.74 Å². The molecule has 28 heavy (non-hydrogen) atoms. The van der Waals surface area contributed by atoms with E-state index in [1.165, 1.54) is 24.3 Å². The minimum Gasteiger partial charge on any atom is -0.478 e. The van der Waals surface area contributed by atoms with Crippen molar-refractivity contribution in [2.75, 3.05) is 32.8 Å². The normalized spacial score (nSPS) is 17.0. The first kappa shape index (κ1) is 20.4. The van der Waals surface area contributed by atoms with Crippen LogP contribution in [0.4, 0.5) is 8.78 Å². The Hall–Kier alpha value is -2.35. The summed E-state index contributed by atoms with van der Waals surface area (Å²) in [5.74, 6) is -1.62. The van der Waals surface area contributed by atoms with E-state index in [2.05, 4.69) is 4.90 Å². The number of carbonyl (C=O) groups is 1. The molecule has 1 N–H and O–H groups in total. The standard InChI is InChI=1S/C21H24F2N2O3/c1-2-28-20(21(26)27)25-13-11-24(12-14-25)19(15-3-7-17(22)8-4-15)16-5-9-18(23)10-6-16/h3-10,19-20H,2,11-14H2,1H3,(H,26,27). The largest absolute Gasteiger partial charge is 0.478 e. The van der Waals surface area contributed by atoms with Gasteiger partial charge >= 0.3 is 5.97 Å². The zero-order chi connectivity index (χ0) is 20.1. The molecule has 0 spiro atoms. The number of aliphatic carboxylic acids is 1. The van der Waals surface area contributed by atoms with Gasteiger partial charge in [-0.1, -0.05) is 24.3 Å². The van der Waals surface area contributed by atoms with Crippen LogP contribution in [-0.4, -0.2) is 59.9 Å². The summed E-state index contributed by atoms with van der Waals surface area (Å²) >= 11 is 0. The quantitative estimate of drug-likeness (QED) is 0.787. The van der Waals surface area contributed by atoms with E-state index in [0.717, 1.165) is 11.1 Å². The molecule has 0 radical (unpaired) electrons. The van der Waals surface area contributed by atoms with E-state index < -0.39 is 12.2 Å². The first-order valence-corrected chi connectivity index (χ1v) is 9.33. The number of carboxylic acids is 1. The summed E-state index contributed by atoms with van der Waals surface area (Å²) in [5.41, 5.74) is 1.81. The van der Waals surface area contributed by atoms with Crippen LogP contribution in [-0.2, 0) is 9.53 Å². The van der Waals surface area contributed by atoms with Gasteiger partial charge in [0.15, 0.2) is 0 Å². The highest BCUT2D eigenvalue weighted by molar-refractivity contribution is 5.71.